The average Bonchev–Trinajstić information content (AvgIpc) is 1.65. The van der Waals surface area contributed by atoms with Gasteiger partial charge in [0.15, 0.2) is 0 Å². The summed E-state index contributed by atoms with van der Waals surface area (Å²) in [5.74, 6) is 0.560. The zero-order valence-corrected chi connectivity index (χ0v) is 5.49. The fourth-order valence-corrected chi connectivity index (χ4v) is 0.236. The highest BCUT2D eigenvalue weighted by molar-refractivity contribution is 4.73. The predicted octanol–water partition coefficient (Wildman–Crippen LogP) is 1.84. The first-order chi connectivity index (χ1) is 3.18. The Morgan fingerprint density at radius 1 is 1.43 bits per heavy atom. The first-order valence-corrected chi connectivity index (χ1v) is 2.56. The van der Waals surface area contributed by atoms with E-state index in [0.717, 1.165) is 6.10 Å². The van der Waals surface area contributed by atoms with Gasteiger partial charge in [-0.3, -0.25) is 0 Å². The van der Waals surface area contributed by atoms with Gasteiger partial charge in [0.2, 0.25) is 6.10 Å². The first kappa shape index (κ1) is 6.83. The van der Waals surface area contributed by atoms with Crippen LogP contribution in [0.2, 0.25) is 0 Å². The molecule has 0 aromatic carbocycles. The molecule has 42 valence electrons. The van der Waals surface area contributed by atoms with E-state index in [-0.39, 0.29) is 0 Å². The quantitative estimate of drug-likeness (QED) is 0.482. The van der Waals surface area contributed by atoms with Crippen LogP contribution in [-0.2, 0) is 4.74 Å². The molecule has 0 fully saturated rings. The highest BCUT2D eigenvalue weighted by Gasteiger charge is 2.16. The molecule has 0 aliphatic rings. The molecule has 0 radical (unpaired) electrons. The minimum Gasteiger partial charge on any atom is -0.197 e. The Morgan fingerprint density at radius 3 is 1.86 bits per heavy atom. The lowest BCUT2D eigenvalue weighted by Crippen LogP contribution is -2.01. The predicted molar refractivity (Wildman–Crippen MR) is 30.8 cm³/mol. The third kappa shape index (κ3) is 2.52. The number of methoxy groups -OCH3 is 1. The van der Waals surface area contributed by atoms with Gasteiger partial charge in [0.25, 0.3) is 0 Å². The molecule has 0 aliphatic heterocycles. The monoisotopic (exact) mass is 101 g/mol. The Bertz CT molecular complexity index is 41.4. The topological polar surface area (TPSA) is 9.23 Å². The van der Waals surface area contributed by atoms with Crippen molar-refractivity contribution in [2.24, 2.45) is 5.92 Å². The molecule has 0 bridgehead atoms. The van der Waals surface area contributed by atoms with Crippen LogP contribution in [0.1, 0.15) is 20.8 Å². The molecule has 0 spiro atoms. The lowest BCUT2D eigenvalue weighted by Gasteiger charge is -1.96. The zero-order chi connectivity index (χ0) is 5.86. The molecule has 0 saturated heterocycles. The minimum atomic E-state index is 0.560. The van der Waals surface area contributed by atoms with Gasteiger partial charge in [0, 0.05) is 0 Å². The van der Waals surface area contributed by atoms with Gasteiger partial charge in [-0.1, -0.05) is 0 Å². The van der Waals surface area contributed by atoms with Crippen LogP contribution in [0.3, 0.4) is 0 Å². The summed E-state index contributed by atoms with van der Waals surface area (Å²) in [5, 5.41) is 0. The summed E-state index contributed by atoms with van der Waals surface area (Å²) in [6.45, 7) is 6.21. The lowest BCUT2D eigenvalue weighted by atomic mass is 10.1. The normalized spacial score (nSPS) is 9.86. The highest BCUT2D eigenvalue weighted by Crippen LogP contribution is 2.10. The Hall–Kier alpha value is -0.170. The Labute approximate surface area is 45.7 Å². The van der Waals surface area contributed by atoms with Crippen LogP contribution < -0.4 is 0 Å². The van der Waals surface area contributed by atoms with Crippen molar-refractivity contribution < 1.29 is 4.74 Å². The van der Waals surface area contributed by atoms with E-state index >= 15 is 0 Å². The highest BCUT2D eigenvalue weighted by atomic mass is 16.5. The third-order valence-electron chi connectivity index (χ3n) is 1.14. The SMILES string of the molecule is CO[C+](C)C(C)C. The van der Waals surface area contributed by atoms with Crippen LogP contribution in [0.15, 0.2) is 0 Å². The molecule has 0 aromatic heterocycles. The molecule has 0 N–H and O–H groups in total. The molecule has 0 saturated carbocycles. The van der Waals surface area contributed by atoms with Gasteiger partial charge in [-0.05, 0) is 13.8 Å². The Morgan fingerprint density at radius 2 is 1.86 bits per heavy atom. The lowest BCUT2D eigenvalue weighted by molar-refractivity contribution is 0.177. The Kier molecular flexibility index (Phi) is 2.84. The van der Waals surface area contributed by atoms with Crippen molar-refractivity contribution in [3.63, 3.8) is 0 Å². The second-order valence-corrected chi connectivity index (χ2v) is 1.97. The second kappa shape index (κ2) is 2.92. The van der Waals surface area contributed by atoms with Crippen LogP contribution in [0, 0.1) is 12.0 Å². The van der Waals surface area contributed by atoms with Gasteiger partial charge in [-0.25, -0.2) is 0 Å². The van der Waals surface area contributed by atoms with Crippen molar-refractivity contribution in [1.29, 1.82) is 0 Å². The molecule has 0 aromatic rings. The zero-order valence-electron chi connectivity index (χ0n) is 5.49. The van der Waals surface area contributed by atoms with Crippen LogP contribution in [0.4, 0.5) is 0 Å². The van der Waals surface area contributed by atoms with E-state index in [1.54, 1.807) is 7.11 Å². The molecule has 0 unspecified atom stereocenters. The van der Waals surface area contributed by atoms with Crippen molar-refractivity contribution in [2.75, 3.05) is 7.11 Å². The standard InChI is InChI=1S/C6H13O/c1-5(2)6(3)7-4/h5H,1-4H3/q+1. The van der Waals surface area contributed by atoms with Crippen molar-refractivity contribution in [3.05, 3.63) is 6.10 Å². The van der Waals surface area contributed by atoms with Crippen LogP contribution in [0.25, 0.3) is 0 Å². The number of hydrogen-bond acceptors (Lipinski definition) is 1. The summed E-state index contributed by atoms with van der Waals surface area (Å²) in [6.07, 6.45) is 1.10. The maximum atomic E-state index is 4.93. The summed E-state index contributed by atoms with van der Waals surface area (Å²) in [4.78, 5) is 0. The van der Waals surface area contributed by atoms with Crippen molar-refractivity contribution in [3.8, 4) is 0 Å². The van der Waals surface area contributed by atoms with Gasteiger partial charge >= 0.3 is 0 Å². The van der Waals surface area contributed by atoms with E-state index in [9.17, 15) is 0 Å². The first-order valence-electron chi connectivity index (χ1n) is 2.56. The average molecular weight is 101 g/mol. The summed E-state index contributed by atoms with van der Waals surface area (Å²) in [7, 11) is 1.70. The smallest absolute Gasteiger partial charge is 0.197 e. The number of ether oxygens (including phenoxy) is 1. The van der Waals surface area contributed by atoms with Crippen molar-refractivity contribution in [2.45, 2.75) is 20.8 Å². The van der Waals surface area contributed by atoms with E-state index in [1.807, 2.05) is 6.92 Å². The fraction of sp³-hybridized carbons (Fsp3) is 0.833. The molecule has 7 heavy (non-hydrogen) atoms. The molecule has 0 atom stereocenters. The summed E-state index contributed by atoms with van der Waals surface area (Å²) in [6, 6.07) is 0. The van der Waals surface area contributed by atoms with Crippen LogP contribution in [0.5, 0.6) is 0 Å². The van der Waals surface area contributed by atoms with Gasteiger partial charge in [-0.2, -0.15) is 4.74 Å². The number of rotatable bonds is 2. The van der Waals surface area contributed by atoms with Gasteiger partial charge < -0.3 is 0 Å². The maximum Gasteiger partial charge on any atom is 0.240 e. The molecule has 0 rings (SSSR count). The van der Waals surface area contributed by atoms with Crippen LogP contribution >= 0.6 is 0 Å². The number of hydrogen-bond donors (Lipinski definition) is 0. The summed E-state index contributed by atoms with van der Waals surface area (Å²) in [5.41, 5.74) is 0. The van der Waals surface area contributed by atoms with E-state index in [2.05, 4.69) is 13.8 Å². The molecule has 0 amide bonds. The molecular weight excluding hydrogens is 88.1 g/mol. The van der Waals surface area contributed by atoms with Crippen molar-refractivity contribution in [1.82, 2.24) is 0 Å². The molecular formula is C6H13O+. The van der Waals surface area contributed by atoms with E-state index in [1.165, 1.54) is 0 Å². The molecule has 1 heteroatoms. The van der Waals surface area contributed by atoms with Gasteiger partial charge in [0.1, 0.15) is 12.8 Å². The largest absolute Gasteiger partial charge is 0.240 e. The molecule has 0 aliphatic carbocycles. The van der Waals surface area contributed by atoms with Gasteiger partial charge in [0.05, 0.1) is 7.11 Å². The van der Waals surface area contributed by atoms with E-state index in [0.29, 0.717) is 5.92 Å². The van der Waals surface area contributed by atoms with E-state index < -0.39 is 0 Å². The minimum absolute atomic E-state index is 0.560. The fourth-order valence-electron chi connectivity index (χ4n) is 0.236. The third-order valence-corrected chi connectivity index (χ3v) is 1.14. The van der Waals surface area contributed by atoms with Crippen LogP contribution in [-0.4, -0.2) is 7.11 Å². The summed E-state index contributed by atoms with van der Waals surface area (Å²) >= 11 is 0. The second-order valence-electron chi connectivity index (χ2n) is 1.97. The van der Waals surface area contributed by atoms with Crippen molar-refractivity contribution >= 4 is 0 Å². The molecule has 0 heterocycles. The van der Waals surface area contributed by atoms with E-state index in [4.69, 9.17) is 4.74 Å². The maximum absolute atomic E-state index is 4.93. The Balaban J connectivity index is 3.14. The summed E-state index contributed by atoms with van der Waals surface area (Å²) < 4.78 is 4.93. The van der Waals surface area contributed by atoms with Gasteiger partial charge in [-0.15, -0.1) is 0 Å². The molecule has 1 nitrogen and oxygen atoms in total.